The highest BCUT2D eigenvalue weighted by atomic mass is 35.5. The van der Waals surface area contributed by atoms with E-state index in [-0.39, 0.29) is 30.4 Å². The van der Waals surface area contributed by atoms with Crippen molar-refractivity contribution in [2.75, 3.05) is 0 Å². The molecule has 5 heteroatoms. The molecular formula is C17H24ClN3O. The Kier molecular flexibility index (Phi) is 6.18. The van der Waals surface area contributed by atoms with Gasteiger partial charge >= 0.3 is 0 Å². The molecule has 1 aromatic heterocycles. The van der Waals surface area contributed by atoms with Gasteiger partial charge in [0.2, 0.25) is 5.91 Å². The van der Waals surface area contributed by atoms with Crippen LogP contribution in [0.25, 0.3) is 10.9 Å². The molecule has 1 heterocycles. The van der Waals surface area contributed by atoms with Gasteiger partial charge in [-0.1, -0.05) is 18.2 Å². The minimum atomic E-state index is 0. The summed E-state index contributed by atoms with van der Waals surface area (Å²) < 4.78 is 1.92. The highest BCUT2D eigenvalue weighted by Gasteiger charge is 2.20. The normalized spacial score (nSPS) is 10.8. The zero-order valence-electron chi connectivity index (χ0n) is 13.5. The Labute approximate surface area is 137 Å². The predicted octanol–water partition coefficient (Wildman–Crippen LogP) is 3.19. The van der Waals surface area contributed by atoms with Gasteiger partial charge in [0.1, 0.15) is 6.54 Å². The molecule has 2 rings (SSSR count). The van der Waals surface area contributed by atoms with Crippen LogP contribution < -0.4 is 5.36 Å². The van der Waals surface area contributed by atoms with E-state index in [1.165, 1.54) is 0 Å². The van der Waals surface area contributed by atoms with Crippen LogP contribution in [-0.4, -0.2) is 27.5 Å². The molecule has 120 valence electrons. The van der Waals surface area contributed by atoms with Crippen LogP contribution in [0.1, 0.15) is 27.7 Å². The molecule has 2 aromatic rings. The van der Waals surface area contributed by atoms with Gasteiger partial charge in [0, 0.05) is 23.7 Å². The third-order valence-electron chi connectivity index (χ3n) is 3.63. The number of aromatic nitrogens is 1. The lowest BCUT2D eigenvalue weighted by Gasteiger charge is -2.31. The molecule has 0 aliphatic carbocycles. The van der Waals surface area contributed by atoms with Gasteiger partial charge in [0.25, 0.3) is 0 Å². The number of para-hydroxylation sites is 1. The average Bonchev–Trinajstić information content (AvgIpc) is 2.41. The third kappa shape index (κ3) is 3.69. The summed E-state index contributed by atoms with van der Waals surface area (Å²) in [4.78, 5) is 14.5. The maximum atomic E-state index is 12.6. The summed E-state index contributed by atoms with van der Waals surface area (Å²) in [5, 5.41) is 9.31. The molecular weight excluding hydrogens is 298 g/mol. The molecule has 1 N–H and O–H groups in total. The highest BCUT2D eigenvalue weighted by Crippen LogP contribution is 2.12. The van der Waals surface area contributed by atoms with Gasteiger partial charge in [-0.05, 0) is 39.8 Å². The van der Waals surface area contributed by atoms with Crippen molar-refractivity contribution in [1.82, 2.24) is 9.47 Å². The number of amides is 1. The number of carbonyl (C=O) groups is 1. The average molecular weight is 322 g/mol. The first kappa shape index (κ1) is 18.2. The molecule has 1 amide bonds. The van der Waals surface area contributed by atoms with Crippen LogP contribution in [0, 0.1) is 5.41 Å². The van der Waals surface area contributed by atoms with Crippen molar-refractivity contribution < 1.29 is 4.79 Å². The van der Waals surface area contributed by atoms with Crippen LogP contribution in [0.4, 0.5) is 0 Å². The fourth-order valence-corrected chi connectivity index (χ4v) is 2.82. The molecule has 0 aliphatic rings. The topological polar surface area (TPSA) is 49.1 Å². The summed E-state index contributed by atoms with van der Waals surface area (Å²) in [6.07, 6.45) is 1.82. The van der Waals surface area contributed by atoms with Crippen molar-refractivity contribution in [1.29, 1.82) is 5.41 Å². The quantitative estimate of drug-likeness (QED) is 0.923. The summed E-state index contributed by atoms with van der Waals surface area (Å²) >= 11 is 0. The maximum absolute atomic E-state index is 12.6. The van der Waals surface area contributed by atoms with Crippen LogP contribution in [0.2, 0.25) is 0 Å². The zero-order chi connectivity index (χ0) is 15.6. The van der Waals surface area contributed by atoms with E-state index in [1.54, 1.807) is 6.07 Å². The number of fused-ring (bicyclic) bond motifs is 1. The van der Waals surface area contributed by atoms with Crippen molar-refractivity contribution in [3.05, 3.63) is 41.9 Å². The molecule has 1 aromatic carbocycles. The van der Waals surface area contributed by atoms with Crippen molar-refractivity contribution >= 4 is 29.2 Å². The standard InChI is InChI=1S/C17H23N3O.ClH/c1-12(2)20(13(3)4)17(21)11-19-10-9-15(18)14-7-5-6-8-16(14)19;/h5-10,12-13,18H,11H2,1-4H3;1H. The van der Waals surface area contributed by atoms with Crippen LogP contribution in [0.15, 0.2) is 36.5 Å². The third-order valence-corrected chi connectivity index (χ3v) is 3.63. The zero-order valence-corrected chi connectivity index (χ0v) is 14.4. The molecule has 0 fully saturated rings. The van der Waals surface area contributed by atoms with Crippen LogP contribution >= 0.6 is 12.4 Å². The SMILES string of the molecule is CC(C)N(C(=O)Cn1ccc(=N)c2ccccc21)C(C)C.Cl. The van der Waals surface area contributed by atoms with Gasteiger partial charge in [-0.15, -0.1) is 12.4 Å². The summed E-state index contributed by atoms with van der Waals surface area (Å²) in [6, 6.07) is 9.83. The first-order valence-corrected chi connectivity index (χ1v) is 7.35. The minimum absolute atomic E-state index is 0. The smallest absolute Gasteiger partial charge is 0.242 e. The van der Waals surface area contributed by atoms with Gasteiger partial charge in [-0.25, -0.2) is 0 Å². The van der Waals surface area contributed by atoms with E-state index in [9.17, 15) is 4.79 Å². The van der Waals surface area contributed by atoms with Gasteiger partial charge in [0.05, 0.1) is 10.9 Å². The molecule has 22 heavy (non-hydrogen) atoms. The van der Waals surface area contributed by atoms with Crippen LogP contribution in [-0.2, 0) is 11.3 Å². The molecule has 0 unspecified atom stereocenters. The number of halogens is 1. The van der Waals surface area contributed by atoms with E-state index in [0.717, 1.165) is 10.9 Å². The number of hydrogen-bond donors (Lipinski definition) is 1. The largest absolute Gasteiger partial charge is 0.338 e. The molecule has 0 atom stereocenters. The van der Waals surface area contributed by atoms with E-state index < -0.39 is 0 Å². The maximum Gasteiger partial charge on any atom is 0.242 e. The van der Waals surface area contributed by atoms with E-state index in [1.807, 2.05) is 67.6 Å². The van der Waals surface area contributed by atoms with Crippen molar-refractivity contribution in [2.45, 2.75) is 46.3 Å². The monoisotopic (exact) mass is 321 g/mol. The van der Waals surface area contributed by atoms with Crippen LogP contribution in [0.5, 0.6) is 0 Å². The van der Waals surface area contributed by atoms with E-state index in [0.29, 0.717) is 11.9 Å². The second kappa shape index (κ2) is 7.45. The second-order valence-corrected chi connectivity index (χ2v) is 5.86. The molecule has 0 saturated carbocycles. The Balaban J connectivity index is 0.00000242. The fraction of sp³-hybridized carbons (Fsp3) is 0.412. The lowest BCUT2D eigenvalue weighted by molar-refractivity contribution is -0.135. The summed E-state index contributed by atoms with van der Waals surface area (Å²) in [7, 11) is 0. The number of nitrogens with one attached hydrogen (secondary N) is 1. The van der Waals surface area contributed by atoms with Crippen molar-refractivity contribution in [3.8, 4) is 0 Å². The molecule has 0 spiro atoms. The van der Waals surface area contributed by atoms with Crippen molar-refractivity contribution in [3.63, 3.8) is 0 Å². The van der Waals surface area contributed by atoms with Gasteiger partial charge < -0.3 is 14.9 Å². The summed E-state index contributed by atoms with van der Waals surface area (Å²) in [5.74, 6) is 0.105. The first-order valence-electron chi connectivity index (χ1n) is 7.35. The van der Waals surface area contributed by atoms with Crippen LogP contribution in [0.3, 0.4) is 0 Å². The lowest BCUT2D eigenvalue weighted by atomic mass is 10.2. The molecule has 4 nitrogen and oxygen atoms in total. The Morgan fingerprint density at radius 3 is 2.32 bits per heavy atom. The Morgan fingerprint density at radius 1 is 1.14 bits per heavy atom. The number of nitrogens with zero attached hydrogens (tertiary/aromatic N) is 2. The van der Waals surface area contributed by atoms with E-state index in [4.69, 9.17) is 5.41 Å². The van der Waals surface area contributed by atoms with Crippen molar-refractivity contribution in [2.24, 2.45) is 0 Å². The Hall–Kier alpha value is -1.81. The Bertz CT molecular complexity index is 698. The fourth-order valence-electron chi connectivity index (χ4n) is 2.82. The second-order valence-electron chi connectivity index (χ2n) is 5.86. The number of pyridine rings is 1. The van der Waals surface area contributed by atoms with Gasteiger partial charge in [0.15, 0.2) is 0 Å². The number of hydrogen-bond acceptors (Lipinski definition) is 2. The molecule has 0 bridgehead atoms. The van der Waals surface area contributed by atoms with Gasteiger partial charge in [-0.2, -0.15) is 0 Å². The lowest BCUT2D eigenvalue weighted by Crippen LogP contribution is -2.43. The molecule has 0 aliphatic heterocycles. The molecule has 0 radical (unpaired) electrons. The van der Waals surface area contributed by atoms with E-state index >= 15 is 0 Å². The summed E-state index contributed by atoms with van der Waals surface area (Å²) in [6.45, 7) is 8.44. The van der Waals surface area contributed by atoms with E-state index in [2.05, 4.69) is 0 Å². The minimum Gasteiger partial charge on any atom is -0.338 e. The molecule has 0 saturated heterocycles. The number of rotatable bonds is 4. The predicted molar refractivity (Wildman–Crippen MR) is 92.2 cm³/mol. The number of carbonyl (C=O) groups excluding carboxylic acids is 1. The number of benzene rings is 1. The Morgan fingerprint density at radius 2 is 1.73 bits per heavy atom. The van der Waals surface area contributed by atoms with Gasteiger partial charge in [-0.3, -0.25) is 4.79 Å². The highest BCUT2D eigenvalue weighted by molar-refractivity contribution is 5.85. The first-order chi connectivity index (χ1) is 9.91. The summed E-state index contributed by atoms with van der Waals surface area (Å²) in [5.41, 5.74) is 0.922.